The Bertz CT molecular complexity index is 361. The Morgan fingerprint density at radius 3 is 2.63 bits per heavy atom. The maximum absolute atomic E-state index is 4.65. The number of nitrogens with one attached hydrogen (secondary N) is 1. The van der Waals surface area contributed by atoms with Crippen molar-refractivity contribution in [1.29, 1.82) is 0 Å². The molecule has 0 unspecified atom stereocenters. The highest BCUT2D eigenvalue weighted by Crippen LogP contribution is 2.22. The number of piperidine rings is 1. The largest absolute Gasteiger partial charge is 0.316 e. The summed E-state index contributed by atoms with van der Waals surface area (Å²) in [4.78, 5) is 8.58. The van der Waals surface area contributed by atoms with Crippen molar-refractivity contribution in [3.8, 4) is 0 Å². The first-order valence-corrected chi connectivity index (χ1v) is 8.36. The Kier molecular flexibility index (Phi) is 5.79. The number of thiazole rings is 1. The molecule has 1 aliphatic rings. The van der Waals surface area contributed by atoms with Gasteiger partial charge in [-0.1, -0.05) is 6.92 Å². The van der Waals surface area contributed by atoms with Gasteiger partial charge < -0.3 is 5.32 Å². The second kappa shape index (κ2) is 7.36. The Balaban J connectivity index is 1.71. The van der Waals surface area contributed by atoms with Gasteiger partial charge in [-0.25, -0.2) is 4.98 Å². The molecule has 1 N–H and O–H groups in total. The van der Waals surface area contributed by atoms with Crippen LogP contribution in [0.5, 0.6) is 0 Å². The van der Waals surface area contributed by atoms with Crippen LogP contribution in [-0.2, 0) is 6.54 Å². The first-order chi connectivity index (χ1) is 9.19. The van der Waals surface area contributed by atoms with Gasteiger partial charge in [-0.2, -0.15) is 0 Å². The van der Waals surface area contributed by atoms with E-state index < -0.39 is 0 Å². The molecule has 1 fully saturated rings. The van der Waals surface area contributed by atoms with Crippen LogP contribution >= 0.6 is 11.3 Å². The van der Waals surface area contributed by atoms with Crippen molar-refractivity contribution in [2.75, 3.05) is 26.2 Å². The minimum absolute atomic E-state index is 0.877. The van der Waals surface area contributed by atoms with Gasteiger partial charge in [0.1, 0.15) is 5.01 Å². The van der Waals surface area contributed by atoms with Gasteiger partial charge in [-0.3, -0.25) is 4.90 Å². The number of likely N-dealkylation sites (tertiary alicyclic amines) is 1. The predicted molar refractivity (Wildman–Crippen MR) is 82.7 cm³/mol. The van der Waals surface area contributed by atoms with Crippen LogP contribution in [0.2, 0.25) is 0 Å². The van der Waals surface area contributed by atoms with E-state index >= 15 is 0 Å². The molecule has 0 aromatic carbocycles. The molecule has 108 valence electrons. The van der Waals surface area contributed by atoms with E-state index in [2.05, 4.69) is 36.0 Å². The van der Waals surface area contributed by atoms with Gasteiger partial charge in [0.25, 0.3) is 0 Å². The van der Waals surface area contributed by atoms with Crippen molar-refractivity contribution in [2.24, 2.45) is 5.92 Å². The molecule has 1 aliphatic heterocycles. The lowest BCUT2D eigenvalue weighted by atomic mass is 9.97. The zero-order valence-corrected chi connectivity index (χ0v) is 13.4. The molecule has 0 radical (unpaired) electrons. The summed E-state index contributed by atoms with van der Waals surface area (Å²) in [6, 6.07) is 0. The fourth-order valence-electron chi connectivity index (χ4n) is 2.63. The van der Waals surface area contributed by atoms with Gasteiger partial charge in [-0.15, -0.1) is 11.3 Å². The number of hydrogen-bond acceptors (Lipinski definition) is 4. The third-order valence-corrected chi connectivity index (χ3v) is 5.06. The van der Waals surface area contributed by atoms with Crippen molar-refractivity contribution in [3.63, 3.8) is 0 Å². The smallest absolute Gasteiger partial charge is 0.107 e. The summed E-state index contributed by atoms with van der Waals surface area (Å²) in [5.41, 5.74) is 1.21. The summed E-state index contributed by atoms with van der Waals surface area (Å²) >= 11 is 1.86. The average molecular weight is 281 g/mol. The maximum atomic E-state index is 4.65. The van der Waals surface area contributed by atoms with E-state index in [1.165, 1.54) is 54.5 Å². The Morgan fingerprint density at radius 2 is 2.05 bits per heavy atom. The van der Waals surface area contributed by atoms with Crippen LogP contribution in [0.1, 0.15) is 41.8 Å². The summed E-state index contributed by atoms with van der Waals surface area (Å²) < 4.78 is 0. The lowest BCUT2D eigenvalue weighted by Crippen LogP contribution is -2.37. The zero-order valence-electron chi connectivity index (χ0n) is 12.5. The summed E-state index contributed by atoms with van der Waals surface area (Å²) in [5.74, 6) is 0.877. The second-order valence-corrected chi connectivity index (χ2v) is 6.96. The summed E-state index contributed by atoms with van der Waals surface area (Å²) in [5, 5.41) is 4.84. The van der Waals surface area contributed by atoms with Gasteiger partial charge >= 0.3 is 0 Å². The molecular weight excluding hydrogens is 254 g/mol. The van der Waals surface area contributed by atoms with Crippen LogP contribution in [0.15, 0.2) is 0 Å². The minimum atomic E-state index is 0.877. The normalized spacial score (nSPS) is 18.1. The lowest BCUT2D eigenvalue weighted by Gasteiger charge is -2.31. The van der Waals surface area contributed by atoms with Crippen molar-refractivity contribution in [2.45, 2.75) is 46.6 Å². The second-order valence-electron chi connectivity index (χ2n) is 5.67. The number of hydrogen-bond donors (Lipinski definition) is 1. The molecule has 0 amide bonds. The molecule has 2 heterocycles. The molecule has 0 bridgehead atoms. The zero-order chi connectivity index (χ0) is 13.7. The summed E-state index contributed by atoms with van der Waals surface area (Å²) in [7, 11) is 0. The van der Waals surface area contributed by atoms with Crippen LogP contribution in [0.25, 0.3) is 0 Å². The van der Waals surface area contributed by atoms with Crippen LogP contribution in [0.3, 0.4) is 0 Å². The fourth-order valence-corrected chi connectivity index (χ4v) is 3.61. The number of rotatable bonds is 6. The predicted octanol–water partition coefficient (Wildman–Crippen LogP) is 2.97. The van der Waals surface area contributed by atoms with Gasteiger partial charge in [0.05, 0.1) is 12.2 Å². The van der Waals surface area contributed by atoms with Gasteiger partial charge in [0.15, 0.2) is 0 Å². The summed E-state index contributed by atoms with van der Waals surface area (Å²) in [6.45, 7) is 12.4. The Labute approximate surface area is 121 Å². The highest BCUT2D eigenvalue weighted by molar-refractivity contribution is 7.11. The van der Waals surface area contributed by atoms with Crippen molar-refractivity contribution < 1.29 is 0 Å². The molecule has 0 atom stereocenters. The highest BCUT2D eigenvalue weighted by Gasteiger charge is 2.19. The van der Waals surface area contributed by atoms with E-state index in [0.29, 0.717) is 0 Å². The van der Waals surface area contributed by atoms with Gasteiger partial charge in [0, 0.05) is 4.88 Å². The van der Waals surface area contributed by atoms with E-state index in [1.807, 2.05) is 11.3 Å². The Hall–Kier alpha value is -0.450. The third kappa shape index (κ3) is 4.55. The molecule has 4 heteroatoms. The number of nitrogens with zero attached hydrogens (tertiary/aromatic N) is 2. The topological polar surface area (TPSA) is 28.2 Å². The minimum Gasteiger partial charge on any atom is -0.316 e. The van der Waals surface area contributed by atoms with Crippen LogP contribution < -0.4 is 5.32 Å². The molecule has 2 rings (SSSR count). The first-order valence-electron chi connectivity index (χ1n) is 7.55. The summed E-state index contributed by atoms with van der Waals surface area (Å²) in [6.07, 6.45) is 3.90. The van der Waals surface area contributed by atoms with E-state index in [0.717, 1.165) is 19.0 Å². The molecule has 0 spiro atoms. The number of aromatic nitrogens is 1. The molecule has 3 nitrogen and oxygen atoms in total. The van der Waals surface area contributed by atoms with Gasteiger partial charge in [-0.05, 0) is 65.2 Å². The van der Waals surface area contributed by atoms with E-state index in [-0.39, 0.29) is 0 Å². The van der Waals surface area contributed by atoms with E-state index in [1.54, 1.807) is 0 Å². The molecule has 1 aromatic rings. The van der Waals surface area contributed by atoms with Gasteiger partial charge in [0.2, 0.25) is 0 Å². The monoisotopic (exact) mass is 281 g/mol. The van der Waals surface area contributed by atoms with Crippen molar-refractivity contribution in [1.82, 2.24) is 15.2 Å². The fraction of sp³-hybridized carbons (Fsp3) is 0.800. The quantitative estimate of drug-likeness (QED) is 0.813. The van der Waals surface area contributed by atoms with Crippen molar-refractivity contribution >= 4 is 11.3 Å². The molecular formula is C15H27N3S. The lowest BCUT2D eigenvalue weighted by molar-refractivity contribution is 0.175. The first kappa shape index (κ1) is 14.9. The number of aryl methyl sites for hydroxylation is 2. The molecule has 0 saturated carbocycles. The molecule has 1 saturated heterocycles. The highest BCUT2D eigenvalue weighted by atomic mass is 32.1. The van der Waals surface area contributed by atoms with Crippen LogP contribution in [0.4, 0.5) is 0 Å². The van der Waals surface area contributed by atoms with Crippen molar-refractivity contribution in [3.05, 3.63) is 15.6 Å². The SMILES string of the molecule is CCCNCC1CCN(Cc2nc(C)c(C)s2)CC1. The van der Waals surface area contributed by atoms with E-state index in [4.69, 9.17) is 0 Å². The third-order valence-electron chi connectivity index (χ3n) is 4.00. The van der Waals surface area contributed by atoms with Crippen LogP contribution in [0, 0.1) is 19.8 Å². The maximum Gasteiger partial charge on any atom is 0.107 e. The van der Waals surface area contributed by atoms with E-state index in [9.17, 15) is 0 Å². The van der Waals surface area contributed by atoms with Crippen LogP contribution in [-0.4, -0.2) is 36.1 Å². The molecule has 19 heavy (non-hydrogen) atoms. The average Bonchev–Trinajstić information content (AvgIpc) is 2.71. The molecule has 0 aliphatic carbocycles. The standard InChI is InChI=1S/C15H27N3S/c1-4-7-16-10-14-5-8-18(9-6-14)11-15-17-12(2)13(3)19-15/h14,16H,4-11H2,1-3H3. The Morgan fingerprint density at radius 1 is 1.32 bits per heavy atom. The molecule has 1 aromatic heterocycles.